The van der Waals surface area contributed by atoms with E-state index in [-0.39, 0.29) is 5.91 Å². The first-order valence-electron chi connectivity index (χ1n) is 5.88. The molecule has 96 valence electrons. The molecule has 0 N–H and O–H groups in total. The van der Waals surface area contributed by atoms with Crippen LogP contribution in [0.1, 0.15) is 35.1 Å². The molecule has 0 radical (unpaired) electrons. The summed E-state index contributed by atoms with van der Waals surface area (Å²) in [4.78, 5) is 14.3. The molecule has 1 amide bonds. The molecule has 0 bridgehead atoms. The van der Waals surface area contributed by atoms with Crippen LogP contribution in [0.4, 0.5) is 0 Å². The third-order valence-corrected chi connectivity index (χ3v) is 3.51. The normalized spacial score (nSPS) is 10.6. The van der Waals surface area contributed by atoms with Crippen LogP contribution in [0.3, 0.4) is 0 Å². The van der Waals surface area contributed by atoms with Gasteiger partial charge in [0.15, 0.2) is 0 Å². The number of aryl methyl sites for hydroxylation is 2. The second-order valence-electron chi connectivity index (χ2n) is 4.10. The van der Waals surface area contributed by atoms with Crippen LogP contribution in [-0.2, 0) is 7.05 Å². The lowest BCUT2D eigenvalue weighted by Gasteiger charge is -2.20. The Bertz CT molecular complexity index is 401. The molecule has 1 aromatic heterocycles. The van der Waals surface area contributed by atoms with Gasteiger partial charge in [0.1, 0.15) is 0 Å². The number of rotatable bonds is 5. The summed E-state index contributed by atoms with van der Waals surface area (Å²) in [7, 11) is 1.87. The predicted molar refractivity (Wildman–Crippen MR) is 72.7 cm³/mol. The van der Waals surface area contributed by atoms with Crippen molar-refractivity contribution in [2.45, 2.75) is 27.2 Å². The topological polar surface area (TPSA) is 38.1 Å². The van der Waals surface area contributed by atoms with Crippen LogP contribution < -0.4 is 0 Å². The van der Waals surface area contributed by atoms with Crippen molar-refractivity contribution < 1.29 is 4.79 Å². The molecule has 1 aromatic rings. The quantitative estimate of drug-likeness (QED) is 0.783. The highest BCUT2D eigenvalue weighted by molar-refractivity contribution is 9.09. The molecule has 1 rings (SSSR count). The molecule has 0 fully saturated rings. The number of carbonyl (C=O) groups is 1. The van der Waals surface area contributed by atoms with Gasteiger partial charge < -0.3 is 4.90 Å². The molecule has 0 aliphatic heterocycles. The zero-order valence-electron chi connectivity index (χ0n) is 11.0. The summed E-state index contributed by atoms with van der Waals surface area (Å²) in [5.41, 5.74) is 2.50. The van der Waals surface area contributed by atoms with E-state index in [9.17, 15) is 4.79 Å². The van der Waals surface area contributed by atoms with Gasteiger partial charge in [-0.3, -0.25) is 9.48 Å². The summed E-state index contributed by atoms with van der Waals surface area (Å²) in [5, 5.41) is 5.21. The molecular formula is C12H20BrN3O. The predicted octanol–water partition coefficient (Wildman–Crippen LogP) is 2.28. The molecule has 0 aromatic carbocycles. The number of halogens is 1. The zero-order valence-corrected chi connectivity index (χ0v) is 12.5. The van der Waals surface area contributed by atoms with E-state index in [0.29, 0.717) is 0 Å². The molecule has 5 heteroatoms. The monoisotopic (exact) mass is 301 g/mol. The lowest BCUT2D eigenvalue weighted by Crippen LogP contribution is -2.32. The first kappa shape index (κ1) is 14.2. The average Bonchev–Trinajstić information content (AvgIpc) is 2.54. The smallest absolute Gasteiger partial charge is 0.257 e. The molecule has 1 heterocycles. The minimum atomic E-state index is 0.0940. The zero-order chi connectivity index (χ0) is 13.0. The standard InChI is InChI=1S/C12H20BrN3O/c1-5-16(8-6-7-13)12(17)11-9(2)14-15(4)10(11)3/h5-8H2,1-4H3. The van der Waals surface area contributed by atoms with Gasteiger partial charge in [0.25, 0.3) is 5.91 Å². The maximum atomic E-state index is 12.4. The largest absolute Gasteiger partial charge is 0.339 e. The van der Waals surface area contributed by atoms with E-state index in [1.807, 2.05) is 32.7 Å². The Hall–Kier alpha value is -0.840. The van der Waals surface area contributed by atoms with Crippen molar-refractivity contribution in [2.75, 3.05) is 18.4 Å². The Morgan fingerprint density at radius 3 is 2.53 bits per heavy atom. The minimum absolute atomic E-state index is 0.0940. The summed E-state index contributed by atoms with van der Waals surface area (Å²) in [6.07, 6.45) is 0.970. The molecule has 0 saturated carbocycles. The van der Waals surface area contributed by atoms with E-state index in [1.54, 1.807) is 4.68 Å². The van der Waals surface area contributed by atoms with Gasteiger partial charge >= 0.3 is 0 Å². The van der Waals surface area contributed by atoms with Crippen LogP contribution in [0.15, 0.2) is 0 Å². The SMILES string of the molecule is CCN(CCCBr)C(=O)c1c(C)nn(C)c1C. The van der Waals surface area contributed by atoms with Crippen LogP contribution in [0, 0.1) is 13.8 Å². The molecule has 0 aliphatic carbocycles. The van der Waals surface area contributed by atoms with Gasteiger partial charge in [-0.15, -0.1) is 0 Å². The minimum Gasteiger partial charge on any atom is -0.339 e. The molecule has 17 heavy (non-hydrogen) atoms. The van der Waals surface area contributed by atoms with E-state index in [0.717, 1.165) is 41.8 Å². The van der Waals surface area contributed by atoms with Gasteiger partial charge in [-0.05, 0) is 27.2 Å². The second-order valence-corrected chi connectivity index (χ2v) is 4.89. The highest BCUT2D eigenvalue weighted by Crippen LogP contribution is 2.15. The summed E-state index contributed by atoms with van der Waals surface area (Å²) in [6.45, 7) is 7.35. The Morgan fingerprint density at radius 1 is 1.47 bits per heavy atom. The van der Waals surface area contributed by atoms with Gasteiger partial charge in [0.2, 0.25) is 0 Å². The summed E-state index contributed by atoms with van der Waals surface area (Å²) in [5.74, 6) is 0.0940. The molecule has 4 nitrogen and oxygen atoms in total. The fraction of sp³-hybridized carbons (Fsp3) is 0.667. The van der Waals surface area contributed by atoms with Crippen molar-refractivity contribution in [3.63, 3.8) is 0 Å². The lowest BCUT2D eigenvalue weighted by molar-refractivity contribution is 0.0763. The van der Waals surface area contributed by atoms with Gasteiger partial charge in [-0.2, -0.15) is 5.10 Å². The van der Waals surface area contributed by atoms with E-state index in [1.165, 1.54) is 0 Å². The van der Waals surface area contributed by atoms with Crippen LogP contribution in [0.2, 0.25) is 0 Å². The molecule has 0 saturated heterocycles. The first-order chi connectivity index (χ1) is 8.02. The van der Waals surface area contributed by atoms with Crippen molar-refractivity contribution in [3.8, 4) is 0 Å². The fourth-order valence-electron chi connectivity index (χ4n) is 1.90. The Balaban J connectivity index is 2.93. The Labute approximate surface area is 111 Å². The first-order valence-corrected chi connectivity index (χ1v) is 7.00. The number of alkyl halides is 1. The molecule has 0 spiro atoms. The molecule has 0 unspecified atom stereocenters. The van der Waals surface area contributed by atoms with E-state index in [2.05, 4.69) is 21.0 Å². The number of amides is 1. The number of hydrogen-bond donors (Lipinski definition) is 0. The highest BCUT2D eigenvalue weighted by atomic mass is 79.9. The lowest BCUT2D eigenvalue weighted by atomic mass is 10.1. The van der Waals surface area contributed by atoms with E-state index >= 15 is 0 Å². The summed E-state index contributed by atoms with van der Waals surface area (Å²) in [6, 6.07) is 0. The number of hydrogen-bond acceptors (Lipinski definition) is 2. The maximum absolute atomic E-state index is 12.4. The van der Waals surface area contributed by atoms with E-state index < -0.39 is 0 Å². The molecule has 0 aliphatic rings. The van der Waals surface area contributed by atoms with Crippen LogP contribution in [-0.4, -0.2) is 39.0 Å². The summed E-state index contributed by atoms with van der Waals surface area (Å²) >= 11 is 3.39. The van der Waals surface area contributed by atoms with Crippen molar-refractivity contribution >= 4 is 21.8 Å². The average molecular weight is 302 g/mol. The highest BCUT2D eigenvalue weighted by Gasteiger charge is 2.21. The number of aromatic nitrogens is 2. The Morgan fingerprint density at radius 2 is 2.12 bits per heavy atom. The van der Waals surface area contributed by atoms with Crippen LogP contribution >= 0.6 is 15.9 Å². The number of nitrogens with zero attached hydrogens (tertiary/aromatic N) is 3. The third-order valence-electron chi connectivity index (χ3n) is 2.95. The van der Waals surface area contributed by atoms with E-state index in [4.69, 9.17) is 0 Å². The number of carbonyl (C=O) groups excluding carboxylic acids is 1. The fourth-order valence-corrected chi connectivity index (χ4v) is 2.15. The van der Waals surface area contributed by atoms with Gasteiger partial charge in [0.05, 0.1) is 11.3 Å². The third kappa shape index (κ3) is 3.09. The maximum Gasteiger partial charge on any atom is 0.257 e. The van der Waals surface area contributed by atoms with Gasteiger partial charge in [0, 0.05) is 31.2 Å². The Kier molecular flexibility index (Phi) is 5.18. The van der Waals surface area contributed by atoms with Crippen LogP contribution in [0.25, 0.3) is 0 Å². The van der Waals surface area contributed by atoms with Gasteiger partial charge in [-0.1, -0.05) is 15.9 Å². The second kappa shape index (κ2) is 6.19. The van der Waals surface area contributed by atoms with Crippen molar-refractivity contribution in [3.05, 3.63) is 17.0 Å². The molecular weight excluding hydrogens is 282 g/mol. The van der Waals surface area contributed by atoms with Crippen molar-refractivity contribution in [2.24, 2.45) is 7.05 Å². The van der Waals surface area contributed by atoms with Crippen molar-refractivity contribution in [1.82, 2.24) is 14.7 Å². The molecule has 0 atom stereocenters. The van der Waals surface area contributed by atoms with Crippen molar-refractivity contribution in [1.29, 1.82) is 0 Å². The van der Waals surface area contributed by atoms with Crippen LogP contribution in [0.5, 0.6) is 0 Å². The summed E-state index contributed by atoms with van der Waals surface area (Å²) < 4.78 is 1.76. The van der Waals surface area contributed by atoms with Gasteiger partial charge in [-0.25, -0.2) is 0 Å².